The van der Waals surface area contributed by atoms with Gasteiger partial charge in [0.15, 0.2) is 0 Å². The van der Waals surface area contributed by atoms with E-state index in [1.165, 1.54) is 4.90 Å². The van der Waals surface area contributed by atoms with Gasteiger partial charge in [-0.1, -0.05) is 43.0 Å². The standard InChI is InChI=1S/C21H26ClN3O3/c22-16-8-6-15(7-9-16)18(14-4-5-14)23-17(26)10-13-25-19(27)21(24-20(25)28)11-2-1-3-12-21/h6-9,14,18H,1-5,10-13H2,(H,23,26)(H,24,28). The van der Waals surface area contributed by atoms with Gasteiger partial charge < -0.3 is 10.6 Å². The van der Waals surface area contributed by atoms with Gasteiger partial charge in [-0.2, -0.15) is 0 Å². The van der Waals surface area contributed by atoms with E-state index in [0.717, 1.165) is 37.7 Å². The van der Waals surface area contributed by atoms with Crippen LogP contribution in [-0.4, -0.2) is 34.8 Å². The average Bonchev–Trinajstić information content (AvgIpc) is 3.49. The van der Waals surface area contributed by atoms with Crippen LogP contribution < -0.4 is 10.6 Å². The zero-order chi connectivity index (χ0) is 19.7. The highest BCUT2D eigenvalue weighted by molar-refractivity contribution is 6.30. The summed E-state index contributed by atoms with van der Waals surface area (Å²) in [6.07, 6.45) is 6.68. The van der Waals surface area contributed by atoms with Crippen molar-refractivity contribution in [1.29, 1.82) is 0 Å². The number of carbonyl (C=O) groups excluding carboxylic acids is 3. The number of hydrogen-bond donors (Lipinski definition) is 2. The van der Waals surface area contributed by atoms with Crippen LogP contribution in [0, 0.1) is 5.92 Å². The topological polar surface area (TPSA) is 78.5 Å². The molecule has 0 aromatic heterocycles. The normalized spacial score (nSPS) is 22.2. The van der Waals surface area contributed by atoms with Gasteiger partial charge in [0, 0.05) is 18.0 Å². The molecule has 2 saturated carbocycles. The summed E-state index contributed by atoms with van der Waals surface area (Å²) in [4.78, 5) is 38.9. The molecule has 150 valence electrons. The highest BCUT2D eigenvalue weighted by Gasteiger charge is 2.51. The number of nitrogens with zero attached hydrogens (tertiary/aromatic N) is 1. The van der Waals surface area contributed by atoms with Crippen molar-refractivity contribution in [2.45, 2.75) is 62.9 Å². The van der Waals surface area contributed by atoms with Gasteiger partial charge in [0.1, 0.15) is 5.54 Å². The Kier molecular flexibility index (Phi) is 5.32. The van der Waals surface area contributed by atoms with Crippen molar-refractivity contribution in [3.63, 3.8) is 0 Å². The van der Waals surface area contributed by atoms with E-state index in [0.29, 0.717) is 23.8 Å². The van der Waals surface area contributed by atoms with E-state index in [-0.39, 0.29) is 36.9 Å². The van der Waals surface area contributed by atoms with Gasteiger partial charge in [0.2, 0.25) is 5.91 Å². The highest BCUT2D eigenvalue weighted by Crippen LogP contribution is 2.41. The maximum Gasteiger partial charge on any atom is 0.325 e. The van der Waals surface area contributed by atoms with Crippen LogP contribution in [0.25, 0.3) is 0 Å². The lowest BCUT2D eigenvalue weighted by molar-refractivity contribution is -0.132. The first-order valence-corrected chi connectivity index (χ1v) is 10.6. The Hall–Kier alpha value is -2.08. The summed E-state index contributed by atoms with van der Waals surface area (Å²) in [5.41, 5.74) is 0.308. The van der Waals surface area contributed by atoms with E-state index in [2.05, 4.69) is 10.6 Å². The first kappa shape index (κ1) is 19.2. The van der Waals surface area contributed by atoms with Crippen LogP contribution in [0.4, 0.5) is 4.79 Å². The highest BCUT2D eigenvalue weighted by atomic mass is 35.5. The fourth-order valence-electron chi connectivity index (χ4n) is 4.41. The van der Waals surface area contributed by atoms with Crippen molar-refractivity contribution in [3.8, 4) is 0 Å². The molecular weight excluding hydrogens is 378 g/mol. The Morgan fingerprint density at radius 3 is 2.50 bits per heavy atom. The first-order valence-electron chi connectivity index (χ1n) is 10.2. The Morgan fingerprint density at radius 1 is 1.18 bits per heavy atom. The van der Waals surface area contributed by atoms with Gasteiger partial charge in [0.25, 0.3) is 5.91 Å². The van der Waals surface area contributed by atoms with Crippen molar-refractivity contribution in [1.82, 2.24) is 15.5 Å². The van der Waals surface area contributed by atoms with Crippen molar-refractivity contribution in [3.05, 3.63) is 34.9 Å². The first-order chi connectivity index (χ1) is 13.5. The second-order valence-electron chi connectivity index (χ2n) is 8.21. The molecule has 3 fully saturated rings. The molecule has 3 aliphatic rings. The number of benzene rings is 1. The minimum Gasteiger partial charge on any atom is -0.349 e. The Morgan fingerprint density at radius 2 is 1.86 bits per heavy atom. The molecule has 1 heterocycles. The largest absolute Gasteiger partial charge is 0.349 e. The summed E-state index contributed by atoms with van der Waals surface area (Å²) < 4.78 is 0. The van der Waals surface area contributed by atoms with E-state index in [9.17, 15) is 14.4 Å². The lowest BCUT2D eigenvalue weighted by Gasteiger charge is -2.30. The zero-order valence-corrected chi connectivity index (χ0v) is 16.6. The van der Waals surface area contributed by atoms with Crippen molar-refractivity contribution in [2.75, 3.05) is 6.54 Å². The van der Waals surface area contributed by atoms with E-state index in [4.69, 9.17) is 11.6 Å². The van der Waals surface area contributed by atoms with E-state index in [1.807, 2.05) is 24.3 Å². The lowest BCUT2D eigenvalue weighted by Crippen LogP contribution is -2.48. The summed E-state index contributed by atoms with van der Waals surface area (Å²) in [7, 11) is 0. The molecule has 1 aliphatic heterocycles. The number of nitrogens with one attached hydrogen (secondary N) is 2. The number of amides is 4. The molecule has 4 amide bonds. The zero-order valence-electron chi connectivity index (χ0n) is 15.9. The van der Waals surface area contributed by atoms with Crippen LogP contribution in [0.1, 0.15) is 63.0 Å². The summed E-state index contributed by atoms with van der Waals surface area (Å²) in [6.45, 7) is 0.121. The van der Waals surface area contributed by atoms with Crippen LogP contribution in [-0.2, 0) is 9.59 Å². The number of hydrogen-bond acceptors (Lipinski definition) is 3. The predicted molar refractivity (Wildman–Crippen MR) is 106 cm³/mol. The molecule has 2 N–H and O–H groups in total. The minimum atomic E-state index is -0.730. The summed E-state index contributed by atoms with van der Waals surface area (Å²) in [6, 6.07) is 7.13. The van der Waals surface area contributed by atoms with Gasteiger partial charge in [-0.25, -0.2) is 4.79 Å². The van der Waals surface area contributed by atoms with Crippen molar-refractivity contribution in [2.24, 2.45) is 5.92 Å². The molecule has 28 heavy (non-hydrogen) atoms. The predicted octanol–water partition coefficient (Wildman–Crippen LogP) is 3.55. The molecule has 4 rings (SSSR count). The third-order valence-corrected chi connectivity index (χ3v) is 6.41. The van der Waals surface area contributed by atoms with Crippen LogP contribution in [0.15, 0.2) is 24.3 Å². The third kappa shape index (κ3) is 3.88. The molecule has 1 aromatic carbocycles. The second-order valence-corrected chi connectivity index (χ2v) is 8.65. The maximum atomic E-state index is 12.8. The average molecular weight is 404 g/mol. The molecule has 6 nitrogen and oxygen atoms in total. The number of rotatable bonds is 6. The van der Waals surface area contributed by atoms with Crippen LogP contribution in [0.3, 0.4) is 0 Å². The fourth-order valence-corrected chi connectivity index (χ4v) is 4.53. The monoisotopic (exact) mass is 403 g/mol. The number of urea groups is 1. The van der Waals surface area contributed by atoms with Crippen LogP contribution in [0.2, 0.25) is 5.02 Å². The summed E-state index contributed by atoms with van der Waals surface area (Å²) >= 11 is 5.97. The molecule has 7 heteroatoms. The Labute approximate surface area is 170 Å². The second kappa shape index (κ2) is 7.74. The maximum absolute atomic E-state index is 12.8. The number of halogens is 1. The molecule has 0 radical (unpaired) electrons. The Bertz CT molecular complexity index is 770. The molecule has 1 saturated heterocycles. The molecular formula is C21H26ClN3O3. The van der Waals surface area contributed by atoms with Crippen molar-refractivity contribution >= 4 is 29.4 Å². The molecule has 1 aromatic rings. The fraction of sp³-hybridized carbons (Fsp3) is 0.571. The van der Waals surface area contributed by atoms with E-state index >= 15 is 0 Å². The van der Waals surface area contributed by atoms with Gasteiger partial charge in [-0.15, -0.1) is 0 Å². The van der Waals surface area contributed by atoms with Crippen LogP contribution in [0.5, 0.6) is 0 Å². The lowest BCUT2D eigenvalue weighted by atomic mass is 9.82. The molecule has 2 aliphatic carbocycles. The SMILES string of the molecule is O=C(CCN1C(=O)NC2(CCCCC2)C1=O)NC(c1ccc(Cl)cc1)C1CC1. The van der Waals surface area contributed by atoms with Gasteiger partial charge in [0.05, 0.1) is 6.04 Å². The van der Waals surface area contributed by atoms with Gasteiger partial charge >= 0.3 is 6.03 Å². The van der Waals surface area contributed by atoms with Crippen LogP contribution >= 0.6 is 11.6 Å². The number of carbonyl (C=O) groups is 3. The molecule has 1 unspecified atom stereocenters. The molecule has 1 atom stereocenters. The van der Waals surface area contributed by atoms with Gasteiger partial charge in [-0.05, 0) is 49.3 Å². The van der Waals surface area contributed by atoms with E-state index in [1.54, 1.807) is 0 Å². The number of imide groups is 1. The minimum absolute atomic E-state index is 0.0439. The quantitative estimate of drug-likeness (QED) is 0.713. The smallest absolute Gasteiger partial charge is 0.325 e. The Balaban J connectivity index is 1.35. The molecule has 0 bridgehead atoms. The summed E-state index contributed by atoms with van der Waals surface area (Å²) in [5.74, 6) is 0.130. The third-order valence-electron chi connectivity index (χ3n) is 6.15. The molecule has 1 spiro atoms. The van der Waals surface area contributed by atoms with Gasteiger partial charge in [-0.3, -0.25) is 14.5 Å². The van der Waals surface area contributed by atoms with Crippen molar-refractivity contribution < 1.29 is 14.4 Å². The summed E-state index contributed by atoms with van der Waals surface area (Å²) in [5, 5.41) is 6.64. The van der Waals surface area contributed by atoms with E-state index < -0.39 is 5.54 Å².